The Morgan fingerprint density at radius 1 is 1.26 bits per heavy atom. The van der Waals surface area contributed by atoms with Crippen molar-refractivity contribution in [1.29, 1.82) is 0 Å². The number of likely N-dealkylation sites (tertiary alicyclic amines) is 1. The Morgan fingerprint density at radius 2 is 2.13 bits per heavy atom. The number of methoxy groups -OCH3 is 1. The van der Waals surface area contributed by atoms with E-state index in [9.17, 15) is 4.79 Å². The second-order valence-corrected chi connectivity index (χ2v) is 7.33. The van der Waals surface area contributed by atoms with Gasteiger partial charge in [0.1, 0.15) is 11.5 Å². The predicted molar refractivity (Wildman–Crippen MR) is 116 cm³/mol. The van der Waals surface area contributed by atoms with Gasteiger partial charge in [-0.05, 0) is 44.0 Å². The monoisotopic (exact) mass is 422 g/mol. The van der Waals surface area contributed by atoms with E-state index in [1.807, 2.05) is 55.5 Å². The number of para-hydroxylation sites is 2. The highest BCUT2D eigenvalue weighted by molar-refractivity contribution is 5.91. The van der Waals surface area contributed by atoms with Gasteiger partial charge >= 0.3 is 6.03 Å². The maximum atomic E-state index is 12.9. The van der Waals surface area contributed by atoms with Crippen LogP contribution in [0.5, 0.6) is 11.5 Å². The van der Waals surface area contributed by atoms with E-state index in [4.69, 9.17) is 14.0 Å². The topological polar surface area (TPSA) is 89.7 Å². The van der Waals surface area contributed by atoms with Gasteiger partial charge in [-0.15, -0.1) is 0 Å². The van der Waals surface area contributed by atoms with Gasteiger partial charge in [-0.25, -0.2) is 4.79 Å². The average Bonchev–Trinajstić information content (AvgIpc) is 3.31. The number of hydrogen-bond donors (Lipinski definition) is 1. The van der Waals surface area contributed by atoms with Crippen LogP contribution in [-0.4, -0.2) is 47.9 Å². The van der Waals surface area contributed by atoms with Crippen LogP contribution < -0.4 is 14.8 Å². The van der Waals surface area contributed by atoms with Gasteiger partial charge in [0.15, 0.2) is 0 Å². The molecular formula is C23H26N4O4. The largest absolute Gasteiger partial charge is 0.497 e. The molecule has 162 valence electrons. The maximum absolute atomic E-state index is 12.9. The fourth-order valence-electron chi connectivity index (χ4n) is 3.69. The number of carbonyl (C=O) groups is 1. The fourth-order valence-corrected chi connectivity index (χ4v) is 3.69. The Hall–Kier alpha value is -3.55. The zero-order chi connectivity index (χ0) is 21.6. The molecule has 3 aromatic rings. The number of piperidine rings is 1. The minimum absolute atomic E-state index is 0.00602. The van der Waals surface area contributed by atoms with Crippen LogP contribution in [0.2, 0.25) is 0 Å². The molecule has 0 saturated carbocycles. The van der Waals surface area contributed by atoms with E-state index in [1.54, 1.807) is 12.0 Å². The van der Waals surface area contributed by atoms with Crippen molar-refractivity contribution in [2.24, 2.45) is 0 Å². The van der Waals surface area contributed by atoms with Gasteiger partial charge < -0.3 is 24.2 Å². The van der Waals surface area contributed by atoms with Crippen LogP contribution >= 0.6 is 0 Å². The molecule has 4 rings (SSSR count). The van der Waals surface area contributed by atoms with Gasteiger partial charge in [0, 0.05) is 18.7 Å². The van der Waals surface area contributed by atoms with Gasteiger partial charge in [0.05, 0.1) is 25.3 Å². The molecular weight excluding hydrogens is 396 g/mol. The zero-order valence-electron chi connectivity index (χ0n) is 17.7. The molecule has 8 nitrogen and oxygen atoms in total. The Kier molecular flexibility index (Phi) is 6.35. The molecule has 1 aromatic heterocycles. The summed E-state index contributed by atoms with van der Waals surface area (Å²) in [4.78, 5) is 19.2. The van der Waals surface area contributed by atoms with E-state index in [-0.39, 0.29) is 11.9 Å². The van der Waals surface area contributed by atoms with E-state index in [1.165, 1.54) is 0 Å². The zero-order valence-corrected chi connectivity index (χ0v) is 17.7. The first-order chi connectivity index (χ1) is 15.2. The number of nitrogens with zero attached hydrogens (tertiary/aromatic N) is 3. The minimum Gasteiger partial charge on any atom is -0.497 e. The Balaban J connectivity index is 1.44. The standard InChI is InChI=1S/C23H26N4O4/c1-3-30-20-12-5-4-11-19(20)24-23(28)27-13-7-9-17(15-27)22-25-21(26-31-22)16-8-6-10-18(14-16)29-2/h4-6,8,10-12,14,17H,3,7,9,13,15H2,1-2H3,(H,24,28). The molecule has 1 unspecified atom stereocenters. The van der Waals surface area contributed by atoms with Crippen molar-refractivity contribution in [3.63, 3.8) is 0 Å². The number of aromatic nitrogens is 2. The molecule has 1 N–H and O–H groups in total. The molecule has 0 aliphatic carbocycles. The van der Waals surface area contributed by atoms with Crippen LogP contribution in [0, 0.1) is 0 Å². The van der Waals surface area contributed by atoms with E-state index in [2.05, 4.69) is 15.5 Å². The summed E-state index contributed by atoms with van der Waals surface area (Å²) in [5.41, 5.74) is 1.49. The predicted octanol–water partition coefficient (Wildman–Crippen LogP) is 4.56. The summed E-state index contributed by atoms with van der Waals surface area (Å²) in [6.07, 6.45) is 1.75. The van der Waals surface area contributed by atoms with Crippen LogP contribution in [0.3, 0.4) is 0 Å². The lowest BCUT2D eigenvalue weighted by Crippen LogP contribution is -2.41. The number of benzene rings is 2. The normalized spacial score (nSPS) is 16.1. The van der Waals surface area contributed by atoms with Crippen molar-refractivity contribution < 1.29 is 18.8 Å². The van der Waals surface area contributed by atoms with E-state index >= 15 is 0 Å². The molecule has 0 bridgehead atoms. The lowest BCUT2D eigenvalue weighted by molar-refractivity contribution is 0.184. The number of rotatable bonds is 6. The Labute approximate surface area is 181 Å². The molecule has 1 fully saturated rings. The maximum Gasteiger partial charge on any atom is 0.321 e. The first-order valence-electron chi connectivity index (χ1n) is 10.4. The number of anilines is 1. The summed E-state index contributed by atoms with van der Waals surface area (Å²) >= 11 is 0. The number of carbonyl (C=O) groups excluding carboxylic acids is 1. The van der Waals surface area contributed by atoms with Crippen molar-refractivity contribution >= 4 is 11.7 Å². The number of urea groups is 1. The summed E-state index contributed by atoms with van der Waals surface area (Å²) < 4.78 is 16.4. The molecule has 2 amide bonds. The van der Waals surface area contributed by atoms with Crippen LogP contribution in [0.1, 0.15) is 31.6 Å². The Bertz CT molecular complexity index is 1040. The molecule has 1 aliphatic rings. The van der Waals surface area contributed by atoms with Crippen molar-refractivity contribution in [3.8, 4) is 22.9 Å². The molecule has 1 saturated heterocycles. The molecule has 2 aromatic carbocycles. The molecule has 2 heterocycles. The van der Waals surface area contributed by atoms with E-state index < -0.39 is 0 Å². The number of ether oxygens (including phenoxy) is 2. The minimum atomic E-state index is -0.163. The Morgan fingerprint density at radius 3 is 2.97 bits per heavy atom. The lowest BCUT2D eigenvalue weighted by atomic mass is 9.98. The smallest absolute Gasteiger partial charge is 0.321 e. The third-order valence-corrected chi connectivity index (χ3v) is 5.26. The molecule has 8 heteroatoms. The second kappa shape index (κ2) is 9.51. The van der Waals surface area contributed by atoms with Gasteiger partial charge in [0.25, 0.3) is 0 Å². The first kappa shape index (κ1) is 20.7. The summed E-state index contributed by atoms with van der Waals surface area (Å²) in [5.74, 6) is 2.45. The summed E-state index contributed by atoms with van der Waals surface area (Å²) in [6.45, 7) is 3.64. The van der Waals surface area contributed by atoms with E-state index in [0.717, 1.165) is 24.2 Å². The first-order valence-corrected chi connectivity index (χ1v) is 10.4. The van der Waals surface area contributed by atoms with Gasteiger partial charge in [-0.2, -0.15) is 4.98 Å². The molecule has 31 heavy (non-hydrogen) atoms. The highest BCUT2D eigenvalue weighted by Crippen LogP contribution is 2.30. The van der Waals surface area contributed by atoms with E-state index in [0.29, 0.717) is 42.8 Å². The lowest BCUT2D eigenvalue weighted by Gasteiger charge is -2.31. The third-order valence-electron chi connectivity index (χ3n) is 5.26. The van der Waals surface area contributed by atoms with Crippen LogP contribution in [0.15, 0.2) is 53.1 Å². The molecule has 1 atom stereocenters. The number of hydrogen-bond acceptors (Lipinski definition) is 6. The van der Waals surface area contributed by atoms with Crippen LogP contribution in [0.4, 0.5) is 10.5 Å². The van der Waals surface area contributed by atoms with Gasteiger partial charge in [-0.1, -0.05) is 29.4 Å². The van der Waals surface area contributed by atoms with Crippen molar-refractivity contribution in [3.05, 3.63) is 54.4 Å². The molecule has 0 radical (unpaired) electrons. The molecule has 1 aliphatic heterocycles. The quantitative estimate of drug-likeness (QED) is 0.627. The average molecular weight is 422 g/mol. The van der Waals surface area contributed by atoms with Crippen molar-refractivity contribution in [1.82, 2.24) is 15.0 Å². The number of nitrogens with one attached hydrogen (secondary N) is 1. The second-order valence-electron chi connectivity index (χ2n) is 7.33. The highest BCUT2D eigenvalue weighted by atomic mass is 16.5. The number of amides is 2. The van der Waals surface area contributed by atoms with Crippen LogP contribution in [-0.2, 0) is 0 Å². The third kappa shape index (κ3) is 4.79. The van der Waals surface area contributed by atoms with Gasteiger partial charge in [-0.3, -0.25) is 0 Å². The van der Waals surface area contributed by atoms with Gasteiger partial charge in [0.2, 0.25) is 11.7 Å². The van der Waals surface area contributed by atoms with Crippen molar-refractivity contribution in [2.75, 3.05) is 32.1 Å². The summed E-state index contributed by atoms with van der Waals surface area (Å²) in [7, 11) is 1.62. The SMILES string of the molecule is CCOc1ccccc1NC(=O)N1CCCC(c2nc(-c3cccc(OC)c3)no2)C1. The summed E-state index contributed by atoms with van der Waals surface area (Å²) in [6, 6.07) is 14.8. The van der Waals surface area contributed by atoms with Crippen molar-refractivity contribution in [2.45, 2.75) is 25.7 Å². The fraction of sp³-hybridized carbons (Fsp3) is 0.348. The summed E-state index contributed by atoms with van der Waals surface area (Å²) in [5, 5.41) is 7.09. The highest BCUT2D eigenvalue weighted by Gasteiger charge is 2.29. The molecule has 0 spiro atoms. The van der Waals surface area contributed by atoms with Crippen LogP contribution in [0.25, 0.3) is 11.4 Å².